The molecule has 0 bridgehead atoms. The smallest absolute Gasteiger partial charge is 0.164 e. The van der Waals surface area contributed by atoms with Crippen molar-refractivity contribution in [3.05, 3.63) is 82.9 Å². The summed E-state index contributed by atoms with van der Waals surface area (Å²) in [6.07, 6.45) is 1.10. The Kier molecular flexibility index (Phi) is 3.89. The molecule has 0 saturated heterocycles. The van der Waals surface area contributed by atoms with Crippen LogP contribution in [0.15, 0.2) is 60.2 Å². The third-order valence-electron chi connectivity index (χ3n) is 6.03. The molecule has 0 unspecified atom stereocenters. The summed E-state index contributed by atoms with van der Waals surface area (Å²) in [6, 6.07) is 15.5. The van der Waals surface area contributed by atoms with Crippen molar-refractivity contribution in [3.63, 3.8) is 0 Å². The van der Waals surface area contributed by atoms with E-state index in [0.29, 0.717) is 18.4 Å². The summed E-state index contributed by atoms with van der Waals surface area (Å²) in [5.74, 6) is -1.81. The van der Waals surface area contributed by atoms with Crippen molar-refractivity contribution in [1.29, 1.82) is 0 Å². The van der Waals surface area contributed by atoms with Crippen LogP contribution in [-0.4, -0.2) is 5.78 Å². The van der Waals surface area contributed by atoms with E-state index in [1.807, 2.05) is 30.3 Å². The van der Waals surface area contributed by atoms with Crippen LogP contribution < -0.4 is 5.32 Å². The van der Waals surface area contributed by atoms with Crippen LogP contribution in [0.5, 0.6) is 0 Å². The lowest BCUT2D eigenvalue weighted by Crippen LogP contribution is -2.33. The normalized spacial score (nSPS) is 20.3. The molecule has 4 heteroatoms. The van der Waals surface area contributed by atoms with Crippen molar-refractivity contribution in [2.24, 2.45) is 5.41 Å². The number of rotatable bonds is 1. The number of allylic oxidation sites excluding steroid dienone is 1. The highest BCUT2D eigenvalue weighted by molar-refractivity contribution is 6.12. The zero-order valence-corrected chi connectivity index (χ0v) is 16.4. The van der Waals surface area contributed by atoms with E-state index >= 15 is 0 Å². The first-order valence-corrected chi connectivity index (χ1v) is 9.84. The molecule has 1 aliphatic heterocycles. The first-order valence-electron chi connectivity index (χ1n) is 9.84. The van der Waals surface area contributed by atoms with Crippen molar-refractivity contribution in [1.82, 2.24) is 0 Å². The van der Waals surface area contributed by atoms with E-state index in [9.17, 15) is 13.6 Å². The second-order valence-corrected chi connectivity index (χ2v) is 8.76. The fourth-order valence-electron chi connectivity index (χ4n) is 4.81. The van der Waals surface area contributed by atoms with Gasteiger partial charge in [0.2, 0.25) is 0 Å². The van der Waals surface area contributed by atoms with E-state index in [1.54, 1.807) is 6.07 Å². The van der Waals surface area contributed by atoms with E-state index < -0.39 is 17.7 Å². The summed E-state index contributed by atoms with van der Waals surface area (Å²) in [5, 5.41) is 5.50. The molecule has 2 aliphatic rings. The van der Waals surface area contributed by atoms with E-state index in [4.69, 9.17) is 0 Å². The Balaban J connectivity index is 1.83. The molecule has 5 rings (SSSR count). The van der Waals surface area contributed by atoms with Crippen LogP contribution in [0.1, 0.15) is 43.9 Å². The lowest BCUT2D eigenvalue weighted by Gasteiger charge is -2.40. The summed E-state index contributed by atoms with van der Waals surface area (Å²) in [7, 11) is 0. The lowest BCUT2D eigenvalue weighted by atomic mass is 9.68. The minimum absolute atomic E-state index is 0.00371. The molecule has 2 nitrogen and oxygen atoms in total. The molecule has 0 radical (unpaired) electrons. The van der Waals surface area contributed by atoms with E-state index in [0.717, 1.165) is 33.7 Å². The molecule has 0 spiro atoms. The highest BCUT2D eigenvalue weighted by atomic mass is 19.2. The largest absolute Gasteiger partial charge is 0.373 e. The number of anilines is 1. The average Bonchev–Trinajstić information content (AvgIpc) is 2.68. The van der Waals surface area contributed by atoms with Crippen molar-refractivity contribution < 1.29 is 13.6 Å². The number of hydrogen-bond donors (Lipinski definition) is 1. The summed E-state index contributed by atoms with van der Waals surface area (Å²) in [5.41, 5.74) is 3.35. The van der Waals surface area contributed by atoms with Crippen LogP contribution in [0.25, 0.3) is 16.3 Å². The molecule has 146 valence electrons. The monoisotopic (exact) mass is 389 g/mol. The van der Waals surface area contributed by atoms with Gasteiger partial charge in [0.1, 0.15) is 0 Å². The van der Waals surface area contributed by atoms with Gasteiger partial charge in [-0.2, -0.15) is 0 Å². The molecule has 1 N–H and O–H groups in total. The summed E-state index contributed by atoms with van der Waals surface area (Å²) in [4.78, 5) is 13.3. The Morgan fingerprint density at radius 2 is 1.76 bits per heavy atom. The van der Waals surface area contributed by atoms with E-state index in [-0.39, 0.29) is 16.8 Å². The fourth-order valence-corrected chi connectivity index (χ4v) is 4.81. The molecule has 0 amide bonds. The summed E-state index contributed by atoms with van der Waals surface area (Å²) in [6.45, 7) is 4.17. The molecule has 0 fully saturated rings. The van der Waals surface area contributed by atoms with Gasteiger partial charge in [-0.25, -0.2) is 8.78 Å². The molecule has 3 aromatic rings. The fraction of sp³-hybridized carbons (Fsp3) is 0.240. The first kappa shape index (κ1) is 18.0. The Labute approximate surface area is 168 Å². The number of benzene rings is 3. The third kappa shape index (κ3) is 2.78. The molecule has 29 heavy (non-hydrogen) atoms. The quantitative estimate of drug-likeness (QED) is 0.520. The number of nitrogens with one attached hydrogen (secondary N) is 1. The Bertz CT molecular complexity index is 1210. The van der Waals surface area contributed by atoms with Crippen LogP contribution >= 0.6 is 0 Å². The highest BCUT2D eigenvalue weighted by Crippen LogP contribution is 2.52. The van der Waals surface area contributed by atoms with Gasteiger partial charge < -0.3 is 5.32 Å². The van der Waals surface area contributed by atoms with Gasteiger partial charge in [-0.1, -0.05) is 56.3 Å². The molecule has 1 heterocycles. The van der Waals surface area contributed by atoms with E-state index in [2.05, 4.69) is 25.2 Å². The predicted molar refractivity (Wildman–Crippen MR) is 112 cm³/mol. The number of carbonyl (C=O) groups is 1. The molecular weight excluding hydrogens is 368 g/mol. The standard InChI is InChI=1S/C25H21F2NO/c1-25(2)12-17-21-15-7-4-3-6-14(15)10-11-19(21)28-24(22(17)20(29)13-25)16-8-5-9-18(26)23(16)27/h3-11,24,28H,12-13H2,1-2H3/t24-/m0/s1. The van der Waals surface area contributed by atoms with Gasteiger partial charge in [0.15, 0.2) is 17.4 Å². The van der Waals surface area contributed by atoms with Gasteiger partial charge >= 0.3 is 0 Å². The number of Topliss-reactive ketones (excluding diaryl/α,β-unsaturated/α-hetero) is 1. The van der Waals surface area contributed by atoms with E-state index in [1.165, 1.54) is 6.07 Å². The Morgan fingerprint density at radius 1 is 0.966 bits per heavy atom. The van der Waals surface area contributed by atoms with Crippen LogP contribution in [0, 0.1) is 17.0 Å². The van der Waals surface area contributed by atoms with Crippen molar-refractivity contribution in [2.75, 3.05) is 5.32 Å². The zero-order valence-electron chi connectivity index (χ0n) is 16.4. The molecular formula is C25H21F2NO. The molecule has 1 atom stereocenters. The maximum Gasteiger partial charge on any atom is 0.164 e. The minimum Gasteiger partial charge on any atom is -0.373 e. The number of fused-ring (bicyclic) bond motifs is 4. The van der Waals surface area contributed by atoms with Gasteiger partial charge in [0, 0.05) is 28.8 Å². The van der Waals surface area contributed by atoms with Crippen LogP contribution in [0.2, 0.25) is 0 Å². The zero-order chi connectivity index (χ0) is 20.3. The maximum absolute atomic E-state index is 14.7. The number of carbonyl (C=O) groups excluding carboxylic acids is 1. The lowest BCUT2D eigenvalue weighted by molar-refractivity contribution is -0.118. The van der Waals surface area contributed by atoms with Crippen molar-refractivity contribution >= 4 is 27.8 Å². The molecule has 0 saturated carbocycles. The second-order valence-electron chi connectivity index (χ2n) is 8.76. The second kappa shape index (κ2) is 6.24. The first-order chi connectivity index (χ1) is 13.9. The Morgan fingerprint density at radius 3 is 2.59 bits per heavy atom. The van der Waals surface area contributed by atoms with Gasteiger partial charge in [0.25, 0.3) is 0 Å². The van der Waals surface area contributed by atoms with Crippen LogP contribution in [0.4, 0.5) is 14.5 Å². The summed E-state index contributed by atoms with van der Waals surface area (Å²) >= 11 is 0. The molecule has 0 aromatic heterocycles. The number of ketones is 1. The van der Waals surface area contributed by atoms with Gasteiger partial charge in [-0.3, -0.25) is 4.79 Å². The number of hydrogen-bond acceptors (Lipinski definition) is 2. The van der Waals surface area contributed by atoms with Crippen LogP contribution in [-0.2, 0) is 4.79 Å². The minimum atomic E-state index is -0.904. The molecule has 3 aromatic carbocycles. The van der Waals surface area contributed by atoms with Crippen molar-refractivity contribution in [2.45, 2.75) is 32.7 Å². The van der Waals surface area contributed by atoms with Crippen LogP contribution in [0.3, 0.4) is 0 Å². The number of halogens is 2. The Hall–Kier alpha value is -3.01. The van der Waals surface area contributed by atoms with Gasteiger partial charge in [0.05, 0.1) is 6.04 Å². The third-order valence-corrected chi connectivity index (χ3v) is 6.03. The van der Waals surface area contributed by atoms with Crippen molar-refractivity contribution in [3.8, 4) is 0 Å². The van der Waals surface area contributed by atoms with Gasteiger partial charge in [-0.05, 0) is 40.3 Å². The maximum atomic E-state index is 14.7. The summed E-state index contributed by atoms with van der Waals surface area (Å²) < 4.78 is 28.7. The predicted octanol–water partition coefficient (Wildman–Crippen LogP) is 6.43. The highest BCUT2D eigenvalue weighted by Gasteiger charge is 2.41. The molecule has 1 aliphatic carbocycles. The SMILES string of the molecule is CC1(C)CC(=O)C2=C(C1)c1c(ccc3ccccc13)N[C@H]2c1cccc(F)c1F. The topological polar surface area (TPSA) is 29.1 Å². The van der Waals surface area contributed by atoms with Gasteiger partial charge in [-0.15, -0.1) is 0 Å². The average molecular weight is 389 g/mol.